The summed E-state index contributed by atoms with van der Waals surface area (Å²) in [5.74, 6) is 0. The number of aliphatic hydroxyl groups excluding tert-OH is 1. The van der Waals surface area contributed by atoms with E-state index in [1.54, 1.807) is 12.1 Å². The van der Waals surface area contributed by atoms with E-state index in [2.05, 4.69) is 6.58 Å². The molecule has 1 aromatic rings. The number of hydrogen-bond acceptors (Lipinski definition) is 1. The van der Waals surface area contributed by atoms with Gasteiger partial charge in [-0.05, 0) is 36.6 Å². The first-order chi connectivity index (χ1) is 6.13. The van der Waals surface area contributed by atoms with Gasteiger partial charge in [-0.25, -0.2) is 0 Å². The van der Waals surface area contributed by atoms with Crippen molar-refractivity contribution >= 4 is 11.6 Å². The summed E-state index contributed by atoms with van der Waals surface area (Å²) in [6, 6.07) is 5.58. The molecular formula is C11H13ClO. The Hall–Kier alpha value is -0.790. The topological polar surface area (TPSA) is 20.2 Å². The fraction of sp³-hybridized carbons (Fsp3) is 0.273. The molecule has 0 heterocycles. The fourth-order valence-corrected chi connectivity index (χ4v) is 1.55. The van der Waals surface area contributed by atoms with E-state index in [9.17, 15) is 5.11 Å². The summed E-state index contributed by atoms with van der Waals surface area (Å²) in [5, 5.41) is 10.3. The summed E-state index contributed by atoms with van der Waals surface area (Å²) in [5.41, 5.74) is 1.91. The van der Waals surface area contributed by atoms with E-state index in [0.29, 0.717) is 11.4 Å². The molecule has 0 amide bonds. The predicted molar refractivity (Wildman–Crippen MR) is 56.0 cm³/mol. The van der Waals surface area contributed by atoms with E-state index in [-0.39, 0.29) is 0 Å². The summed E-state index contributed by atoms with van der Waals surface area (Å²) in [4.78, 5) is 0. The second-order valence-electron chi connectivity index (χ2n) is 3.10. The molecule has 2 heteroatoms. The van der Waals surface area contributed by atoms with Crippen LogP contribution in [-0.4, -0.2) is 5.11 Å². The molecule has 1 nitrogen and oxygen atoms in total. The molecule has 70 valence electrons. The van der Waals surface area contributed by atoms with Gasteiger partial charge < -0.3 is 5.11 Å². The number of aryl methyl sites for hydroxylation is 1. The van der Waals surface area contributed by atoms with Gasteiger partial charge in [-0.15, -0.1) is 6.58 Å². The normalized spacial score (nSPS) is 12.5. The van der Waals surface area contributed by atoms with Gasteiger partial charge >= 0.3 is 0 Å². The minimum Gasteiger partial charge on any atom is -0.388 e. The largest absolute Gasteiger partial charge is 0.388 e. The Bertz CT molecular complexity index is 287. The molecule has 0 aromatic heterocycles. The Morgan fingerprint density at radius 1 is 1.54 bits per heavy atom. The van der Waals surface area contributed by atoms with Crippen LogP contribution in [0.15, 0.2) is 30.9 Å². The van der Waals surface area contributed by atoms with Crippen LogP contribution in [0.4, 0.5) is 0 Å². The third-order valence-electron chi connectivity index (χ3n) is 1.84. The van der Waals surface area contributed by atoms with Crippen LogP contribution in [0.5, 0.6) is 0 Å². The minimum atomic E-state index is -0.491. The van der Waals surface area contributed by atoms with Crippen LogP contribution in [0.2, 0.25) is 5.02 Å². The summed E-state index contributed by atoms with van der Waals surface area (Å²) >= 11 is 5.86. The molecule has 0 aliphatic carbocycles. The molecule has 0 aliphatic heterocycles. The standard InChI is InChI=1S/C11H13ClO/c1-3-4-11(13)9-5-8(2)6-10(12)7-9/h3,5-7,11,13H,1,4H2,2H3. The Balaban J connectivity index is 2.93. The van der Waals surface area contributed by atoms with Gasteiger partial charge in [0.05, 0.1) is 6.10 Å². The molecular weight excluding hydrogens is 184 g/mol. The molecule has 0 aliphatic rings. The Labute approximate surface area is 83.7 Å². The Morgan fingerprint density at radius 3 is 2.77 bits per heavy atom. The van der Waals surface area contributed by atoms with Gasteiger partial charge in [0, 0.05) is 5.02 Å². The molecule has 0 saturated heterocycles. The van der Waals surface area contributed by atoms with E-state index in [1.807, 2.05) is 19.1 Å². The molecule has 1 rings (SSSR count). The number of halogens is 1. The van der Waals surface area contributed by atoms with Gasteiger partial charge in [-0.2, -0.15) is 0 Å². The average Bonchev–Trinajstić information content (AvgIpc) is 2.03. The van der Waals surface area contributed by atoms with E-state index < -0.39 is 6.10 Å². The lowest BCUT2D eigenvalue weighted by Crippen LogP contribution is -1.95. The smallest absolute Gasteiger partial charge is 0.0824 e. The van der Waals surface area contributed by atoms with Gasteiger partial charge in [-0.1, -0.05) is 23.7 Å². The summed E-state index contributed by atoms with van der Waals surface area (Å²) in [6.07, 6.45) is 1.76. The van der Waals surface area contributed by atoms with Crippen LogP contribution in [0, 0.1) is 6.92 Å². The van der Waals surface area contributed by atoms with E-state index in [0.717, 1.165) is 11.1 Å². The molecule has 1 atom stereocenters. The van der Waals surface area contributed by atoms with E-state index in [1.165, 1.54) is 0 Å². The monoisotopic (exact) mass is 196 g/mol. The maximum absolute atomic E-state index is 9.64. The number of rotatable bonds is 3. The van der Waals surface area contributed by atoms with Crippen LogP contribution in [-0.2, 0) is 0 Å². The van der Waals surface area contributed by atoms with Crippen molar-refractivity contribution in [3.8, 4) is 0 Å². The fourth-order valence-electron chi connectivity index (χ4n) is 1.25. The molecule has 0 saturated carbocycles. The lowest BCUT2D eigenvalue weighted by atomic mass is 10.0. The highest BCUT2D eigenvalue weighted by molar-refractivity contribution is 6.30. The van der Waals surface area contributed by atoms with Crippen molar-refractivity contribution in [3.05, 3.63) is 47.0 Å². The quantitative estimate of drug-likeness (QED) is 0.736. The van der Waals surface area contributed by atoms with Gasteiger partial charge in [0.1, 0.15) is 0 Å². The molecule has 1 N–H and O–H groups in total. The van der Waals surface area contributed by atoms with Crippen LogP contribution in [0.25, 0.3) is 0 Å². The lowest BCUT2D eigenvalue weighted by molar-refractivity contribution is 0.181. The van der Waals surface area contributed by atoms with Crippen molar-refractivity contribution in [2.75, 3.05) is 0 Å². The second-order valence-corrected chi connectivity index (χ2v) is 3.54. The van der Waals surface area contributed by atoms with Crippen LogP contribution in [0.3, 0.4) is 0 Å². The second kappa shape index (κ2) is 4.45. The summed E-state index contributed by atoms with van der Waals surface area (Å²) in [7, 11) is 0. The molecule has 0 spiro atoms. The molecule has 0 radical (unpaired) electrons. The van der Waals surface area contributed by atoms with Crippen molar-refractivity contribution in [1.29, 1.82) is 0 Å². The Kier molecular flexibility index (Phi) is 3.52. The zero-order valence-corrected chi connectivity index (χ0v) is 8.38. The first kappa shape index (κ1) is 10.3. The SMILES string of the molecule is C=CCC(O)c1cc(C)cc(Cl)c1. The Morgan fingerprint density at radius 2 is 2.23 bits per heavy atom. The van der Waals surface area contributed by atoms with Crippen LogP contribution >= 0.6 is 11.6 Å². The molecule has 1 unspecified atom stereocenters. The highest BCUT2D eigenvalue weighted by Gasteiger charge is 2.06. The average molecular weight is 197 g/mol. The number of benzene rings is 1. The van der Waals surface area contributed by atoms with Gasteiger partial charge in [0.15, 0.2) is 0 Å². The molecule has 0 fully saturated rings. The van der Waals surface area contributed by atoms with Gasteiger partial charge in [0.25, 0.3) is 0 Å². The predicted octanol–water partition coefficient (Wildman–Crippen LogP) is 3.26. The van der Waals surface area contributed by atoms with Gasteiger partial charge in [-0.3, -0.25) is 0 Å². The first-order valence-corrected chi connectivity index (χ1v) is 4.57. The zero-order chi connectivity index (χ0) is 9.84. The zero-order valence-electron chi connectivity index (χ0n) is 7.63. The first-order valence-electron chi connectivity index (χ1n) is 4.19. The maximum Gasteiger partial charge on any atom is 0.0824 e. The van der Waals surface area contributed by atoms with Crippen LogP contribution < -0.4 is 0 Å². The van der Waals surface area contributed by atoms with Gasteiger partial charge in [0.2, 0.25) is 0 Å². The van der Waals surface area contributed by atoms with Crippen molar-refractivity contribution in [3.63, 3.8) is 0 Å². The van der Waals surface area contributed by atoms with Crippen molar-refractivity contribution in [2.45, 2.75) is 19.4 Å². The number of hydrogen-bond donors (Lipinski definition) is 1. The van der Waals surface area contributed by atoms with Crippen molar-refractivity contribution in [2.24, 2.45) is 0 Å². The number of aliphatic hydroxyl groups is 1. The highest BCUT2D eigenvalue weighted by atomic mass is 35.5. The van der Waals surface area contributed by atoms with E-state index in [4.69, 9.17) is 11.6 Å². The lowest BCUT2D eigenvalue weighted by Gasteiger charge is -2.09. The third-order valence-corrected chi connectivity index (χ3v) is 2.06. The summed E-state index contributed by atoms with van der Waals surface area (Å²) in [6.45, 7) is 5.53. The third kappa shape index (κ3) is 2.87. The molecule has 13 heavy (non-hydrogen) atoms. The van der Waals surface area contributed by atoms with E-state index >= 15 is 0 Å². The summed E-state index contributed by atoms with van der Waals surface area (Å²) < 4.78 is 0. The minimum absolute atomic E-state index is 0.491. The van der Waals surface area contributed by atoms with Crippen molar-refractivity contribution in [1.82, 2.24) is 0 Å². The van der Waals surface area contributed by atoms with Crippen molar-refractivity contribution < 1.29 is 5.11 Å². The molecule has 1 aromatic carbocycles. The van der Waals surface area contributed by atoms with Crippen LogP contribution in [0.1, 0.15) is 23.7 Å². The maximum atomic E-state index is 9.64. The highest BCUT2D eigenvalue weighted by Crippen LogP contribution is 2.22. The molecule has 0 bridgehead atoms.